The molecule has 0 heterocycles. The molecule has 0 bridgehead atoms. The second-order valence-electron chi connectivity index (χ2n) is 7.68. The summed E-state index contributed by atoms with van der Waals surface area (Å²) in [6.45, 7) is 0. The van der Waals surface area contributed by atoms with Crippen LogP contribution >= 0.6 is 21.6 Å². The minimum absolute atomic E-state index is 0.154. The summed E-state index contributed by atoms with van der Waals surface area (Å²) >= 11 is 0. The van der Waals surface area contributed by atoms with Crippen molar-refractivity contribution in [2.24, 2.45) is 0 Å². The first-order valence-corrected chi connectivity index (χ1v) is 13.1. The number of nitro benzene ring substituents is 2. The van der Waals surface area contributed by atoms with Gasteiger partial charge in [-0.05, 0) is 36.4 Å². The molecule has 0 aliphatic heterocycles. The Morgan fingerprint density at radius 2 is 0.974 bits per heavy atom. The molecule has 0 saturated carbocycles. The van der Waals surface area contributed by atoms with Gasteiger partial charge in [0.1, 0.15) is 0 Å². The van der Waals surface area contributed by atoms with Crippen molar-refractivity contribution < 1.29 is 19.4 Å². The van der Waals surface area contributed by atoms with Crippen LogP contribution in [0, 0.1) is 20.2 Å². The molecule has 0 unspecified atom stereocenters. The molecule has 0 aliphatic rings. The van der Waals surface area contributed by atoms with Gasteiger partial charge in [0, 0.05) is 45.2 Å². The summed E-state index contributed by atoms with van der Waals surface area (Å²) in [6, 6.07) is 25.1. The maximum Gasteiger partial charge on any atom is 0.270 e. The lowest BCUT2D eigenvalue weighted by Gasteiger charge is -2.13. The summed E-state index contributed by atoms with van der Waals surface area (Å²) in [5.74, 6) is -0.979. The fourth-order valence-corrected chi connectivity index (χ4v) is 5.56. The maximum atomic E-state index is 12.8. The summed E-state index contributed by atoms with van der Waals surface area (Å²) < 4.78 is 0. The van der Waals surface area contributed by atoms with E-state index in [-0.39, 0.29) is 22.5 Å². The predicted octanol–water partition coefficient (Wildman–Crippen LogP) is 6.81. The Morgan fingerprint density at radius 1 is 0.579 bits per heavy atom. The van der Waals surface area contributed by atoms with E-state index in [4.69, 9.17) is 0 Å². The van der Waals surface area contributed by atoms with Crippen molar-refractivity contribution in [3.63, 3.8) is 0 Å². The van der Waals surface area contributed by atoms with Crippen molar-refractivity contribution in [2.45, 2.75) is 9.79 Å². The third-order valence-electron chi connectivity index (χ3n) is 5.13. The average Bonchev–Trinajstić information content (AvgIpc) is 2.93. The molecule has 190 valence electrons. The van der Waals surface area contributed by atoms with Crippen LogP contribution in [0.1, 0.15) is 20.7 Å². The standard InChI is InChI=1S/C26H18N4O6S2/c31-25(17-7-5-9-19(15-17)29(33)34)27-21-11-1-3-13-23(21)37-38-24-14-4-2-12-22(24)28-26(32)18-8-6-10-20(16-18)30(35)36/h1-16H,(H,27,31)(H,28,32). The van der Waals surface area contributed by atoms with Gasteiger partial charge in [0.25, 0.3) is 23.2 Å². The number of nitro groups is 2. The predicted molar refractivity (Wildman–Crippen MR) is 147 cm³/mol. The minimum Gasteiger partial charge on any atom is -0.321 e. The maximum absolute atomic E-state index is 12.8. The molecule has 2 N–H and O–H groups in total. The van der Waals surface area contributed by atoms with Crippen molar-refractivity contribution >= 4 is 56.2 Å². The molecule has 0 aromatic heterocycles. The molecule has 10 nitrogen and oxygen atoms in total. The van der Waals surface area contributed by atoms with Crippen molar-refractivity contribution in [3.05, 3.63) is 128 Å². The van der Waals surface area contributed by atoms with Crippen LogP contribution in [0.3, 0.4) is 0 Å². The highest BCUT2D eigenvalue weighted by atomic mass is 33.1. The summed E-state index contributed by atoms with van der Waals surface area (Å²) in [4.78, 5) is 47.9. The Morgan fingerprint density at radius 3 is 1.37 bits per heavy atom. The average molecular weight is 547 g/mol. The number of nitrogens with one attached hydrogen (secondary N) is 2. The molecule has 0 spiro atoms. The number of amides is 2. The first-order valence-electron chi connectivity index (χ1n) is 11.0. The number of hydrogen-bond acceptors (Lipinski definition) is 8. The van der Waals surface area contributed by atoms with Gasteiger partial charge < -0.3 is 10.6 Å². The first kappa shape index (κ1) is 26.4. The molecule has 12 heteroatoms. The van der Waals surface area contributed by atoms with E-state index in [2.05, 4.69) is 10.6 Å². The van der Waals surface area contributed by atoms with E-state index < -0.39 is 21.7 Å². The van der Waals surface area contributed by atoms with Crippen molar-refractivity contribution in [3.8, 4) is 0 Å². The molecule has 38 heavy (non-hydrogen) atoms. The zero-order valence-electron chi connectivity index (χ0n) is 19.4. The second kappa shape index (κ2) is 12.0. The lowest BCUT2D eigenvalue weighted by molar-refractivity contribution is -0.385. The Labute approximate surface area is 224 Å². The normalized spacial score (nSPS) is 10.4. The summed E-state index contributed by atoms with van der Waals surface area (Å²) in [5.41, 5.74) is 0.972. The molecule has 0 atom stereocenters. The van der Waals surface area contributed by atoms with Crippen LogP contribution in [0.15, 0.2) is 107 Å². The fourth-order valence-electron chi connectivity index (χ4n) is 3.29. The molecule has 0 aliphatic carbocycles. The van der Waals surface area contributed by atoms with Gasteiger partial charge in [-0.15, -0.1) is 0 Å². The fraction of sp³-hybridized carbons (Fsp3) is 0. The molecule has 0 fully saturated rings. The number of nitrogens with zero attached hydrogens (tertiary/aromatic N) is 2. The van der Waals surface area contributed by atoms with Crippen LogP contribution < -0.4 is 10.6 Å². The van der Waals surface area contributed by atoms with Gasteiger partial charge in [-0.2, -0.15) is 0 Å². The third-order valence-corrected chi connectivity index (χ3v) is 7.61. The van der Waals surface area contributed by atoms with Gasteiger partial charge in [-0.1, -0.05) is 58.0 Å². The largest absolute Gasteiger partial charge is 0.321 e. The van der Waals surface area contributed by atoms with Gasteiger partial charge in [-0.3, -0.25) is 29.8 Å². The van der Waals surface area contributed by atoms with Crippen molar-refractivity contribution in [1.29, 1.82) is 0 Å². The smallest absolute Gasteiger partial charge is 0.270 e. The van der Waals surface area contributed by atoms with E-state index in [9.17, 15) is 29.8 Å². The van der Waals surface area contributed by atoms with E-state index in [1.165, 1.54) is 70.1 Å². The van der Waals surface area contributed by atoms with Gasteiger partial charge >= 0.3 is 0 Å². The molecule has 0 saturated heterocycles. The Hall–Kier alpha value is -4.68. The Bertz CT molecular complexity index is 1430. The number of non-ortho nitro benzene ring substituents is 2. The number of hydrogen-bond donors (Lipinski definition) is 2. The van der Waals surface area contributed by atoms with E-state index in [1.807, 2.05) is 24.3 Å². The number of anilines is 2. The molecule has 4 rings (SSSR count). The monoisotopic (exact) mass is 546 g/mol. The molecule has 0 radical (unpaired) electrons. The molecule has 4 aromatic carbocycles. The van der Waals surface area contributed by atoms with Crippen LogP contribution in [0.4, 0.5) is 22.7 Å². The second-order valence-corrected chi connectivity index (χ2v) is 9.90. The van der Waals surface area contributed by atoms with Crippen LogP contribution in [0.25, 0.3) is 0 Å². The SMILES string of the molecule is O=C(Nc1ccccc1SSc1ccccc1NC(=O)c1cccc([N+](=O)[O-])c1)c1cccc([N+](=O)[O-])c1. The Kier molecular flexibility index (Phi) is 8.36. The van der Waals surface area contributed by atoms with Crippen molar-refractivity contribution in [1.82, 2.24) is 0 Å². The summed E-state index contributed by atoms with van der Waals surface area (Å²) in [5, 5.41) is 27.7. The minimum atomic E-state index is -0.563. The van der Waals surface area contributed by atoms with Crippen molar-refractivity contribution in [2.75, 3.05) is 10.6 Å². The van der Waals surface area contributed by atoms with Gasteiger partial charge in [0.05, 0.1) is 21.2 Å². The quantitative estimate of drug-likeness (QED) is 0.132. The molecule has 2 amide bonds. The number of rotatable bonds is 9. The highest BCUT2D eigenvalue weighted by molar-refractivity contribution is 8.76. The van der Waals surface area contributed by atoms with E-state index in [1.54, 1.807) is 24.3 Å². The van der Waals surface area contributed by atoms with Gasteiger partial charge in [0.2, 0.25) is 0 Å². The molecular formula is C26H18N4O6S2. The van der Waals surface area contributed by atoms with E-state index in [0.29, 0.717) is 11.4 Å². The first-order chi connectivity index (χ1) is 18.3. The lowest BCUT2D eigenvalue weighted by Crippen LogP contribution is -2.13. The van der Waals surface area contributed by atoms with Crippen LogP contribution in [0.5, 0.6) is 0 Å². The topological polar surface area (TPSA) is 144 Å². The summed E-state index contributed by atoms with van der Waals surface area (Å²) in [6.07, 6.45) is 0. The lowest BCUT2D eigenvalue weighted by atomic mass is 10.2. The number of para-hydroxylation sites is 2. The van der Waals surface area contributed by atoms with E-state index >= 15 is 0 Å². The zero-order chi connectivity index (χ0) is 27.1. The number of carbonyl (C=O) groups excluding carboxylic acids is 2. The van der Waals surface area contributed by atoms with Crippen LogP contribution in [0.2, 0.25) is 0 Å². The number of carbonyl (C=O) groups is 2. The summed E-state index contributed by atoms with van der Waals surface area (Å²) in [7, 11) is 2.68. The van der Waals surface area contributed by atoms with E-state index in [0.717, 1.165) is 9.79 Å². The molecule has 4 aromatic rings. The Balaban J connectivity index is 1.48. The highest BCUT2D eigenvalue weighted by Gasteiger charge is 2.16. The van der Waals surface area contributed by atoms with Gasteiger partial charge in [0.15, 0.2) is 0 Å². The van der Waals surface area contributed by atoms with Crippen LogP contribution in [-0.2, 0) is 0 Å². The van der Waals surface area contributed by atoms with Gasteiger partial charge in [-0.25, -0.2) is 0 Å². The van der Waals surface area contributed by atoms with Crippen LogP contribution in [-0.4, -0.2) is 21.7 Å². The highest BCUT2D eigenvalue weighted by Crippen LogP contribution is 2.43. The third kappa shape index (κ3) is 6.55. The molecular weight excluding hydrogens is 528 g/mol. The number of benzene rings is 4. The zero-order valence-corrected chi connectivity index (χ0v) is 21.0.